The van der Waals surface area contributed by atoms with E-state index < -0.39 is 23.0 Å². The maximum Gasteiger partial charge on any atom is 0.252 e. The zero-order chi connectivity index (χ0) is 13.9. The molecule has 0 atom stereocenters. The number of rotatable bonds is 5. The largest absolute Gasteiger partial charge is 0.252 e. The molecule has 0 aromatic heterocycles. The van der Waals surface area contributed by atoms with Crippen LogP contribution in [0.1, 0.15) is 11.1 Å². The molecular formula is C11H14ClF2NO2S. The number of halogens is 3. The first-order valence-corrected chi connectivity index (χ1v) is 7.16. The van der Waals surface area contributed by atoms with Gasteiger partial charge in [0.05, 0.1) is 11.4 Å². The standard InChI is InChI=1S/C11H14ClF2NO2S/c1-8-3-4-9(6-12)5-10(8)18(16,17)15(2)7-11(13)14/h3-5,11H,6-7H2,1-2H3. The van der Waals surface area contributed by atoms with E-state index in [4.69, 9.17) is 11.6 Å². The fourth-order valence-electron chi connectivity index (χ4n) is 1.47. The summed E-state index contributed by atoms with van der Waals surface area (Å²) in [6.45, 7) is 0.786. The summed E-state index contributed by atoms with van der Waals surface area (Å²) in [6, 6.07) is 4.73. The minimum atomic E-state index is -3.90. The second-order valence-corrected chi connectivity index (χ2v) is 6.19. The molecule has 0 N–H and O–H groups in total. The summed E-state index contributed by atoms with van der Waals surface area (Å²) in [6.07, 6.45) is -2.71. The number of alkyl halides is 3. The van der Waals surface area contributed by atoms with Crippen LogP contribution in [0, 0.1) is 6.92 Å². The van der Waals surface area contributed by atoms with Gasteiger partial charge in [-0.15, -0.1) is 11.6 Å². The molecule has 3 nitrogen and oxygen atoms in total. The predicted molar refractivity (Wildman–Crippen MR) is 66.6 cm³/mol. The third kappa shape index (κ3) is 3.40. The minimum Gasteiger partial charge on any atom is -0.209 e. The second kappa shape index (κ2) is 5.95. The maximum absolute atomic E-state index is 12.3. The molecule has 0 radical (unpaired) electrons. The van der Waals surface area contributed by atoms with E-state index in [2.05, 4.69) is 0 Å². The number of aryl methyl sites for hydroxylation is 1. The fourth-order valence-corrected chi connectivity index (χ4v) is 3.05. The summed E-state index contributed by atoms with van der Waals surface area (Å²) in [7, 11) is -2.77. The lowest BCUT2D eigenvalue weighted by atomic mass is 10.2. The van der Waals surface area contributed by atoms with Crippen molar-refractivity contribution in [2.45, 2.75) is 24.1 Å². The van der Waals surface area contributed by atoms with E-state index in [-0.39, 0.29) is 10.8 Å². The van der Waals surface area contributed by atoms with Crippen LogP contribution in [0.5, 0.6) is 0 Å². The quantitative estimate of drug-likeness (QED) is 0.784. The van der Waals surface area contributed by atoms with Gasteiger partial charge in [0.1, 0.15) is 0 Å². The molecule has 0 bridgehead atoms. The number of hydrogen-bond acceptors (Lipinski definition) is 2. The molecule has 1 rings (SSSR count). The Labute approximate surface area is 110 Å². The third-order valence-corrected chi connectivity index (χ3v) is 4.76. The molecule has 0 saturated carbocycles. The van der Waals surface area contributed by atoms with Crippen molar-refractivity contribution in [1.29, 1.82) is 0 Å². The average molecular weight is 298 g/mol. The van der Waals surface area contributed by atoms with Gasteiger partial charge in [0.25, 0.3) is 6.43 Å². The monoisotopic (exact) mass is 297 g/mol. The summed E-state index contributed by atoms with van der Waals surface area (Å²) in [5.74, 6) is 0.168. The summed E-state index contributed by atoms with van der Waals surface area (Å²) in [4.78, 5) is 0.0174. The molecule has 0 amide bonds. The van der Waals surface area contributed by atoms with Gasteiger partial charge in [-0.1, -0.05) is 12.1 Å². The highest BCUT2D eigenvalue weighted by atomic mass is 35.5. The van der Waals surface area contributed by atoms with Crippen LogP contribution in [-0.2, 0) is 15.9 Å². The number of benzene rings is 1. The van der Waals surface area contributed by atoms with Crippen molar-refractivity contribution in [3.05, 3.63) is 29.3 Å². The molecule has 0 unspecified atom stereocenters. The smallest absolute Gasteiger partial charge is 0.209 e. The minimum absolute atomic E-state index is 0.0174. The first kappa shape index (κ1) is 15.3. The second-order valence-electron chi connectivity index (χ2n) is 3.91. The highest BCUT2D eigenvalue weighted by Gasteiger charge is 2.25. The Balaban J connectivity index is 3.19. The van der Waals surface area contributed by atoms with Gasteiger partial charge < -0.3 is 0 Å². The summed E-state index contributed by atoms with van der Waals surface area (Å²) >= 11 is 5.64. The number of hydrogen-bond donors (Lipinski definition) is 0. The molecular weight excluding hydrogens is 284 g/mol. The molecule has 0 aliphatic rings. The predicted octanol–water partition coefficient (Wildman–Crippen LogP) is 2.62. The van der Waals surface area contributed by atoms with Gasteiger partial charge in [-0.2, -0.15) is 4.31 Å². The summed E-state index contributed by atoms with van der Waals surface area (Å²) in [5.41, 5.74) is 1.14. The Morgan fingerprint density at radius 2 is 2.00 bits per heavy atom. The van der Waals surface area contributed by atoms with Crippen molar-refractivity contribution in [3.63, 3.8) is 0 Å². The van der Waals surface area contributed by atoms with Crippen LogP contribution in [0.2, 0.25) is 0 Å². The van der Waals surface area contributed by atoms with Gasteiger partial charge in [0.15, 0.2) is 0 Å². The maximum atomic E-state index is 12.3. The van der Waals surface area contributed by atoms with E-state index in [1.165, 1.54) is 6.07 Å². The fraction of sp³-hybridized carbons (Fsp3) is 0.455. The molecule has 1 aromatic carbocycles. The molecule has 0 saturated heterocycles. The highest BCUT2D eigenvalue weighted by molar-refractivity contribution is 7.89. The SMILES string of the molecule is Cc1ccc(CCl)cc1S(=O)(=O)N(C)CC(F)F. The third-order valence-electron chi connectivity index (χ3n) is 2.49. The molecule has 0 fully saturated rings. The van der Waals surface area contributed by atoms with Crippen molar-refractivity contribution in [3.8, 4) is 0 Å². The van der Waals surface area contributed by atoms with Crippen LogP contribution < -0.4 is 0 Å². The highest BCUT2D eigenvalue weighted by Crippen LogP contribution is 2.21. The van der Waals surface area contributed by atoms with Crippen molar-refractivity contribution < 1.29 is 17.2 Å². The molecule has 102 valence electrons. The van der Waals surface area contributed by atoms with Crippen molar-refractivity contribution in [1.82, 2.24) is 4.31 Å². The van der Waals surface area contributed by atoms with Crippen molar-refractivity contribution in [2.75, 3.05) is 13.6 Å². The Morgan fingerprint density at radius 1 is 1.39 bits per heavy atom. The Bertz CT molecular complexity index is 520. The van der Waals surface area contributed by atoms with Crippen LogP contribution in [0.15, 0.2) is 23.1 Å². The van der Waals surface area contributed by atoms with E-state index in [1.807, 2.05) is 0 Å². The van der Waals surface area contributed by atoms with E-state index in [1.54, 1.807) is 19.1 Å². The van der Waals surface area contributed by atoms with Gasteiger partial charge in [0, 0.05) is 12.9 Å². The van der Waals surface area contributed by atoms with Crippen molar-refractivity contribution in [2.24, 2.45) is 0 Å². The molecule has 1 aromatic rings. The summed E-state index contributed by atoms with van der Waals surface area (Å²) < 4.78 is 49.4. The molecule has 0 aliphatic heterocycles. The Hall–Kier alpha value is -0.720. The lowest BCUT2D eigenvalue weighted by Gasteiger charge is -2.18. The molecule has 7 heteroatoms. The van der Waals surface area contributed by atoms with Gasteiger partial charge in [-0.05, 0) is 24.1 Å². The average Bonchev–Trinajstić information content (AvgIpc) is 2.28. The zero-order valence-corrected chi connectivity index (χ0v) is 11.6. The molecule has 0 spiro atoms. The van der Waals surface area contributed by atoms with Gasteiger partial charge in [-0.25, -0.2) is 17.2 Å². The normalized spacial score (nSPS) is 12.4. The van der Waals surface area contributed by atoms with E-state index in [9.17, 15) is 17.2 Å². The van der Waals surface area contributed by atoms with E-state index >= 15 is 0 Å². The summed E-state index contributed by atoms with van der Waals surface area (Å²) in [5, 5.41) is 0. The van der Waals surface area contributed by atoms with E-state index in [0.717, 1.165) is 7.05 Å². The first-order chi connectivity index (χ1) is 8.28. The Morgan fingerprint density at radius 3 is 2.50 bits per heavy atom. The van der Waals surface area contributed by atoms with Crippen molar-refractivity contribution >= 4 is 21.6 Å². The molecule has 0 aliphatic carbocycles. The first-order valence-electron chi connectivity index (χ1n) is 5.19. The van der Waals surface area contributed by atoms with Gasteiger partial charge in [-0.3, -0.25) is 0 Å². The topological polar surface area (TPSA) is 37.4 Å². The van der Waals surface area contributed by atoms with E-state index in [0.29, 0.717) is 15.4 Å². The van der Waals surface area contributed by atoms with Crippen LogP contribution >= 0.6 is 11.6 Å². The zero-order valence-electron chi connectivity index (χ0n) is 10.0. The van der Waals surface area contributed by atoms with Crippen LogP contribution in [-0.4, -0.2) is 32.7 Å². The van der Waals surface area contributed by atoms with Crippen LogP contribution in [0.3, 0.4) is 0 Å². The lowest BCUT2D eigenvalue weighted by Crippen LogP contribution is -2.31. The Kier molecular flexibility index (Phi) is 5.07. The number of nitrogens with zero attached hydrogens (tertiary/aromatic N) is 1. The molecule has 18 heavy (non-hydrogen) atoms. The van der Waals surface area contributed by atoms with Gasteiger partial charge in [0.2, 0.25) is 10.0 Å². The number of sulfonamides is 1. The lowest BCUT2D eigenvalue weighted by molar-refractivity contribution is 0.126. The molecule has 0 heterocycles. The van der Waals surface area contributed by atoms with Crippen LogP contribution in [0.4, 0.5) is 8.78 Å². The van der Waals surface area contributed by atoms with Crippen LogP contribution in [0.25, 0.3) is 0 Å². The van der Waals surface area contributed by atoms with Gasteiger partial charge >= 0.3 is 0 Å².